The second kappa shape index (κ2) is 8.28. The van der Waals surface area contributed by atoms with Crippen LogP contribution in [0.2, 0.25) is 5.02 Å². The maximum atomic E-state index is 12.2. The lowest BCUT2D eigenvalue weighted by Crippen LogP contribution is -2.35. The van der Waals surface area contributed by atoms with Crippen molar-refractivity contribution < 1.29 is 13.2 Å². The van der Waals surface area contributed by atoms with E-state index < -0.39 is 10.0 Å². The summed E-state index contributed by atoms with van der Waals surface area (Å²) in [5, 5.41) is 3.18. The number of benzene rings is 2. The van der Waals surface area contributed by atoms with Crippen molar-refractivity contribution in [3.8, 4) is 0 Å². The van der Waals surface area contributed by atoms with Gasteiger partial charge in [-0.05, 0) is 36.2 Å². The topological polar surface area (TPSA) is 75.3 Å². The molecule has 0 radical (unpaired) electrons. The van der Waals surface area contributed by atoms with Gasteiger partial charge in [-0.3, -0.25) is 4.79 Å². The van der Waals surface area contributed by atoms with Crippen LogP contribution in [0.15, 0.2) is 53.4 Å². The van der Waals surface area contributed by atoms with E-state index in [1.165, 1.54) is 12.1 Å². The minimum absolute atomic E-state index is 0.116. The lowest BCUT2D eigenvalue weighted by molar-refractivity contribution is -0.120. The first-order valence-corrected chi connectivity index (χ1v) is 9.31. The molecule has 0 unspecified atom stereocenters. The third-order valence-corrected chi connectivity index (χ3v) is 5.23. The molecule has 0 bridgehead atoms. The maximum Gasteiger partial charge on any atom is 0.240 e. The summed E-state index contributed by atoms with van der Waals surface area (Å²) in [7, 11) is -3.62. The van der Waals surface area contributed by atoms with E-state index in [2.05, 4.69) is 10.0 Å². The smallest absolute Gasteiger partial charge is 0.240 e. The summed E-state index contributed by atoms with van der Waals surface area (Å²) in [6.07, 6.45) is 0.268. The quantitative estimate of drug-likeness (QED) is 0.738. The molecule has 7 heteroatoms. The zero-order valence-corrected chi connectivity index (χ0v) is 14.8. The molecule has 0 aromatic heterocycles. The number of halogens is 1. The summed E-state index contributed by atoms with van der Waals surface area (Å²) in [6, 6.07) is 13.9. The molecule has 0 heterocycles. The van der Waals surface area contributed by atoms with E-state index in [1.54, 1.807) is 13.0 Å². The van der Waals surface area contributed by atoms with Crippen LogP contribution < -0.4 is 10.0 Å². The van der Waals surface area contributed by atoms with Gasteiger partial charge in [-0.1, -0.05) is 41.9 Å². The van der Waals surface area contributed by atoms with Gasteiger partial charge in [0.1, 0.15) is 0 Å². The Morgan fingerprint density at radius 2 is 1.79 bits per heavy atom. The highest BCUT2D eigenvalue weighted by molar-refractivity contribution is 7.89. The van der Waals surface area contributed by atoms with Crippen LogP contribution in [0.25, 0.3) is 0 Å². The van der Waals surface area contributed by atoms with Crippen LogP contribution in [-0.4, -0.2) is 27.4 Å². The van der Waals surface area contributed by atoms with Crippen LogP contribution in [0.3, 0.4) is 0 Å². The van der Waals surface area contributed by atoms with Gasteiger partial charge < -0.3 is 5.32 Å². The highest BCUT2D eigenvalue weighted by atomic mass is 35.5. The third-order valence-electron chi connectivity index (χ3n) is 3.37. The molecule has 0 aliphatic rings. The van der Waals surface area contributed by atoms with Gasteiger partial charge in [0.2, 0.25) is 15.9 Å². The van der Waals surface area contributed by atoms with E-state index in [0.29, 0.717) is 10.6 Å². The number of nitrogens with one attached hydrogen (secondary N) is 2. The molecule has 0 aliphatic carbocycles. The molecule has 0 atom stereocenters. The molecular formula is C17H19ClN2O3S. The minimum atomic E-state index is -3.62. The Labute approximate surface area is 147 Å². The fourth-order valence-corrected chi connectivity index (χ4v) is 3.71. The first-order valence-electron chi connectivity index (χ1n) is 7.45. The average molecular weight is 367 g/mol. The molecule has 0 aliphatic heterocycles. The predicted octanol–water partition coefficient (Wildman–Crippen LogP) is 2.29. The molecule has 2 aromatic rings. The van der Waals surface area contributed by atoms with E-state index in [4.69, 9.17) is 11.6 Å². The molecule has 1 amide bonds. The summed E-state index contributed by atoms with van der Waals surface area (Å²) >= 11 is 5.83. The molecular weight excluding hydrogens is 348 g/mol. The van der Waals surface area contributed by atoms with Crippen molar-refractivity contribution >= 4 is 27.5 Å². The van der Waals surface area contributed by atoms with Crippen LogP contribution in [-0.2, 0) is 21.2 Å². The fourth-order valence-electron chi connectivity index (χ4n) is 2.22. The molecule has 128 valence electrons. The van der Waals surface area contributed by atoms with Gasteiger partial charge in [0.15, 0.2) is 0 Å². The van der Waals surface area contributed by atoms with Crippen molar-refractivity contribution in [2.75, 3.05) is 13.1 Å². The van der Waals surface area contributed by atoms with Crippen LogP contribution >= 0.6 is 11.6 Å². The zero-order chi connectivity index (χ0) is 17.6. The number of hydrogen-bond acceptors (Lipinski definition) is 3. The molecule has 2 rings (SSSR count). The lowest BCUT2D eigenvalue weighted by atomic mass is 10.1. The highest BCUT2D eigenvalue weighted by Crippen LogP contribution is 2.19. The lowest BCUT2D eigenvalue weighted by Gasteiger charge is -2.10. The monoisotopic (exact) mass is 366 g/mol. The van der Waals surface area contributed by atoms with Crippen molar-refractivity contribution in [2.45, 2.75) is 18.2 Å². The van der Waals surface area contributed by atoms with E-state index in [9.17, 15) is 13.2 Å². The largest absolute Gasteiger partial charge is 0.355 e. The number of carbonyl (C=O) groups excluding carboxylic acids is 1. The number of sulfonamides is 1. The first-order chi connectivity index (χ1) is 11.4. The van der Waals surface area contributed by atoms with E-state index in [-0.39, 0.29) is 30.3 Å². The average Bonchev–Trinajstić information content (AvgIpc) is 2.52. The van der Waals surface area contributed by atoms with Crippen molar-refractivity contribution in [1.29, 1.82) is 0 Å². The van der Waals surface area contributed by atoms with Crippen LogP contribution in [0.5, 0.6) is 0 Å². The van der Waals surface area contributed by atoms with Gasteiger partial charge in [0, 0.05) is 18.1 Å². The minimum Gasteiger partial charge on any atom is -0.355 e. The van der Waals surface area contributed by atoms with Crippen molar-refractivity contribution in [3.05, 3.63) is 64.7 Å². The predicted molar refractivity (Wildman–Crippen MR) is 94.5 cm³/mol. The molecule has 0 saturated carbocycles. The van der Waals surface area contributed by atoms with E-state index >= 15 is 0 Å². The Balaban J connectivity index is 1.82. The van der Waals surface area contributed by atoms with Gasteiger partial charge in [-0.15, -0.1) is 0 Å². The molecule has 0 fully saturated rings. The van der Waals surface area contributed by atoms with Crippen molar-refractivity contribution in [2.24, 2.45) is 0 Å². The van der Waals surface area contributed by atoms with Crippen molar-refractivity contribution in [3.63, 3.8) is 0 Å². The number of aryl methyl sites for hydroxylation is 1. The zero-order valence-electron chi connectivity index (χ0n) is 13.3. The standard InChI is InChI=1S/C17H19ClN2O3S/c1-13-11-15(18)7-8-16(13)24(22,23)20-10-9-19-17(21)12-14-5-3-2-4-6-14/h2-8,11,20H,9-10,12H2,1H3,(H,19,21). The Hall–Kier alpha value is -1.89. The SMILES string of the molecule is Cc1cc(Cl)ccc1S(=O)(=O)NCCNC(=O)Cc1ccccc1. The summed E-state index contributed by atoms with van der Waals surface area (Å²) in [4.78, 5) is 12.0. The number of carbonyl (C=O) groups is 1. The summed E-state index contributed by atoms with van der Waals surface area (Å²) in [6.45, 7) is 2.02. The summed E-state index contributed by atoms with van der Waals surface area (Å²) < 4.78 is 26.9. The van der Waals surface area contributed by atoms with E-state index in [0.717, 1.165) is 5.56 Å². The Kier molecular flexibility index (Phi) is 6.36. The summed E-state index contributed by atoms with van der Waals surface area (Å²) in [5.74, 6) is -0.150. The summed E-state index contributed by atoms with van der Waals surface area (Å²) in [5.41, 5.74) is 1.48. The van der Waals surface area contributed by atoms with Gasteiger partial charge in [0.05, 0.1) is 11.3 Å². The molecule has 2 N–H and O–H groups in total. The van der Waals surface area contributed by atoms with Crippen LogP contribution in [0.1, 0.15) is 11.1 Å². The van der Waals surface area contributed by atoms with Gasteiger partial charge in [0.25, 0.3) is 0 Å². The number of rotatable bonds is 7. The van der Waals surface area contributed by atoms with Crippen molar-refractivity contribution in [1.82, 2.24) is 10.0 Å². The second-order valence-electron chi connectivity index (χ2n) is 5.32. The second-order valence-corrected chi connectivity index (χ2v) is 7.49. The normalized spacial score (nSPS) is 11.2. The maximum absolute atomic E-state index is 12.2. The Bertz CT molecular complexity index is 808. The van der Waals surface area contributed by atoms with Crippen LogP contribution in [0, 0.1) is 6.92 Å². The fraction of sp³-hybridized carbons (Fsp3) is 0.235. The van der Waals surface area contributed by atoms with E-state index in [1.807, 2.05) is 30.3 Å². The molecule has 0 saturated heterocycles. The molecule has 24 heavy (non-hydrogen) atoms. The first kappa shape index (κ1) is 18.4. The Morgan fingerprint density at radius 1 is 1.08 bits per heavy atom. The Morgan fingerprint density at radius 3 is 2.46 bits per heavy atom. The van der Waals surface area contributed by atoms with Gasteiger partial charge in [-0.2, -0.15) is 0 Å². The van der Waals surface area contributed by atoms with Gasteiger partial charge in [-0.25, -0.2) is 13.1 Å². The van der Waals surface area contributed by atoms with Gasteiger partial charge >= 0.3 is 0 Å². The highest BCUT2D eigenvalue weighted by Gasteiger charge is 2.16. The number of amides is 1. The molecule has 5 nitrogen and oxygen atoms in total. The van der Waals surface area contributed by atoms with Crippen LogP contribution in [0.4, 0.5) is 0 Å². The number of hydrogen-bond donors (Lipinski definition) is 2. The third kappa shape index (κ3) is 5.33. The molecule has 0 spiro atoms. The molecule has 2 aromatic carbocycles.